The zero-order valence-corrected chi connectivity index (χ0v) is 6.59. The van der Waals surface area contributed by atoms with Gasteiger partial charge in [-0.2, -0.15) is 0 Å². The molecule has 10 heavy (non-hydrogen) atoms. The smallest absolute Gasteiger partial charge is 0.313 e. The molecule has 6 heteroatoms. The first-order valence-corrected chi connectivity index (χ1v) is 3.29. The van der Waals surface area contributed by atoms with E-state index >= 15 is 0 Å². The second-order valence-electron chi connectivity index (χ2n) is 1.28. The van der Waals surface area contributed by atoms with Crippen LogP contribution in [0.25, 0.3) is 0 Å². The molecule has 2 N–H and O–H groups in total. The van der Waals surface area contributed by atoms with Gasteiger partial charge in [-0.05, 0) is 0 Å². The second-order valence-corrected chi connectivity index (χ2v) is 2.27. The maximum Gasteiger partial charge on any atom is 0.313 e. The summed E-state index contributed by atoms with van der Waals surface area (Å²) in [5, 5.41) is 16.0. The summed E-state index contributed by atoms with van der Waals surface area (Å²) in [5.41, 5.74) is 0. The first-order valence-electron chi connectivity index (χ1n) is 2.14. The molecule has 1 radical (unpaired) electrons. The summed E-state index contributed by atoms with van der Waals surface area (Å²) in [5.74, 6) is -2.26. The molecule has 0 heterocycles. The Morgan fingerprint density at radius 2 is 1.40 bits per heavy atom. The van der Waals surface area contributed by atoms with Crippen LogP contribution in [0.3, 0.4) is 0 Å². The standard InChI is InChI=1S/C4H6O4S.Cu/c5-3(6)1-9-2-4(7)8;/h1-2H2,(H,5,6)(H,7,8);. The third-order valence-corrected chi connectivity index (χ3v) is 1.35. The number of aliphatic carboxylic acids is 2. The van der Waals surface area contributed by atoms with Gasteiger partial charge in [0.15, 0.2) is 0 Å². The average Bonchev–Trinajstić information content (AvgIpc) is 1.63. The number of rotatable bonds is 4. The third-order valence-electron chi connectivity index (χ3n) is 0.451. The molecule has 0 atom stereocenters. The summed E-state index contributed by atoms with van der Waals surface area (Å²) >= 11 is 0.870. The van der Waals surface area contributed by atoms with E-state index in [2.05, 4.69) is 0 Å². The van der Waals surface area contributed by atoms with Crippen molar-refractivity contribution in [1.82, 2.24) is 0 Å². The summed E-state index contributed by atoms with van der Waals surface area (Å²) in [6.45, 7) is 0. The van der Waals surface area contributed by atoms with Crippen LogP contribution >= 0.6 is 11.8 Å². The van der Waals surface area contributed by atoms with Gasteiger partial charge in [0.2, 0.25) is 0 Å². The maximum atomic E-state index is 9.77. The van der Waals surface area contributed by atoms with Crippen LogP contribution in [0, 0.1) is 0 Å². The van der Waals surface area contributed by atoms with E-state index in [-0.39, 0.29) is 28.6 Å². The Morgan fingerprint density at radius 3 is 1.60 bits per heavy atom. The van der Waals surface area contributed by atoms with Gasteiger partial charge in [0.25, 0.3) is 0 Å². The molecule has 0 saturated carbocycles. The van der Waals surface area contributed by atoms with Crippen molar-refractivity contribution < 1.29 is 36.9 Å². The zero-order chi connectivity index (χ0) is 7.28. The molecule has 4 nitrogen and oxygen atoms in total. The number of carboxylic acids is 2. The molecule has 0 aliphatic rings. The fourth-order valence-electron chi connectivity index (χ4n) is 0.226. The minimum Gasteiger partial charge on any atom is -0.481 e. The molecule has 0 aromatic carbocycles. The Kier molecular flexibility index (Phi) is 8.64. The van der Waals surface area contributed by atoms with Gasteiger partial charge >= 0.3 is 11.9 Å². The predicted octanol–water partition coefficient (Wildman–Crippen LogP) is -0.114. The summed E-state index contributed by atoms with van der Waals surface area (Å²) in [6.07, 6.45) is 0. The van der Waals surface area contributed by atoms with Crippen molar-refractivity contribution in [3.05, 3.63) is 0 Å². The van der Waals surface area contributed by atoms with E-state index in [0.29, 0.717) is 0 Å². The first-order chi connectivity index (χ1) is 4.13. The maximum absolute atomic E-state index is 9.77. The summed E-state index contributed by atoms with van der Waals surface area (Å²) in [6, 6.07) is 0. The molecule has 0 bridgehead atoms. The van der Waals surface area contributed by atoms with Crippen molar-refractivity contribution in [2.24, 2.45) is 0 Å². The molecule has 0 aliphatic heterocycles. The van der Waals surface area contributed by atoms with Gasteiger partial charge in [0.05, 0.1) is 11.5 Å². The molecule has 0 aliphatic carbocycles. The van der Waals surface area contributed by atoms with Gasteiger partial charge in [-0.3, -0.25) is 9.59 Å². The molecule has 0 amide bonds. The van der Waals surface area contributed by atoms with Crippen molar-refractivity contribution in [2.45, 2.75) is 0 Å². The van der Waals surface area contributed by atoms with Gasteiger partial charge < -0.3 is 10.2 Å². The molecule has 0 rings (SSSR count). The Balaban J connectivity index is 0. The van der Waals surface area contributed by atoms with E-state index in [1.165, 1.54) is 0 Å². The quantitative estimate of drug-likeness (QED) is 0.638. The Hall–Kier alpha value is -0.191. The van der Waals surface area contributed by atoms with Crippen LogP contribution in [0.1, 0.15) is 0 Å². The molecule has 0 aromatic rings. The molecule has 0 aromatic heterocycles. The van der Waals surface area contributed by atoms with Gasteiger partial charge in [-0.15, -0.1) is 11.8 Å². The number of hydrogen-bond donors (Lipinski definition) is 2. The van der Waals surface area contributed by atoms with Crippen LogP contribution in [0.5, 0.6) is 0 Å². The van der Waals surface area contributed by atoms with Crippen molar-refractivity contribution in [2.75, 3.05) is 11.5 Å². The van der Waals surface area contributed by atoms with Crippen LogP contribution in [0.15, 0.2) is 0 Å². The molecule has 0 spiro atoms. The topological polar surface area (TPSA) is 74.6 Å². The largest absolute Gasteiger partial charge is 0.481 e. The Labute approximate surface area is 72.5 Å². The minimum atomic E-state index is -0.985. The SMILES string of the molecule is O=C(O)CSCC(=O)O.[Cu]. The number of carbonyl (C=O) groups is 2. The van der Waals surface area contributed by atoms with Crippen molar-refractivity contribution >= 4 is 23.7 Å². The minimum absolute atomic E-state index is 0. The van der Waals surface area contributed by atoms with Gasteiger partial charge in [-0.25, -0.2) is 0 Å². The van der Waals surface area contributed by atoms with E-state index < -0.39 is 11.9 Å². The third kappa shape index (κ3) is 10.7. The summed E-state index contributed by atoms with van der Waals surface area (Å²) in [4.78, 5) is 19.5. The van der Waals surface area contributed by atoms with E-state index in [4.69, 9.17) is 10.2 Å². The predicted molar refractivity (Wildman–Crippen MR) is 32.6 cm³/mol. The van der Waals surface area contributed by atoms with Crippen LogP contribution in [0.4, 0.5) is 0 Å². The van der Waals surface area contributed by atoms with E-state index in [0.717, 1.165) is 11.8 Å². The van der Waals surface area contributed by atoms with Crippen molar-refractivity contribution in [1.29, 1.82) is 0 Å². The first kappa shape index (κ1) is 12.5. The summed E-state index contributed by atoms with van der Waals surface area (Å²) in [7, 11) is 0. The number of hydrogen-bond acceptors (Lipinski definition) is 3. The van der Waals surface area contributed by atoms with Crippen LogP contribution < -0.4 is 0 Å². The van der Waals surface area contributed by atoms with Crippen LogP contribution in [0.2, 0.25) is 0 Å². The number of thioether (sulfide) groups is 1. The molecular formula is C4H6CuO4S. The van der Waals surface area contributed by atoms with E-state index in [1.807, 2.05) is 0 Å². The van der Waals surface area contributed by atoms with Crippen LogP contribution in [-0.2, 0) is 26.7 Å². The van der Waals surface area contributed by atoms with Gasteiger partial charge in [0.1, 0.15) is 0 Å². The van der Waals surface area contributed by atoms with E-state index in [9.17, 15) is 9.59 Å². The fraction of sp³-hybridized carbons (Fsp3) is 0.500. The summed E-state index contributed by atoms with van der Waals surface area (Å²) < 4.78 is 0. The van der Waals surface area contributed by atoms with E-state index in [1.54, 1.807) is 0 Å². The van der Waals surface area contributed by atoms with Crippen molar-refractivity contribution in [3.63, 3.8) is 0 Å². The molecule has 0 saturated heterocycles. The molecule has 0 fully saturated rings. The normalized spacial score (nSPS) is 8.00. The Bertz CT molecular complexity index is 112. The fourth-order valence-corrected chi connectivity index (χ4v) is 0.677. The molecular weight excluding hydrogens is 208 g/mol. The van der Waals surface area contributed by atoms with Crippen molar-refractivity contribution in [3.8, 4) is 0 Å². The van der Waals surface area contributed by atoms with Crippen LogP contribution in [-0.4, -0.2) is 33.7 Å². The monoisotopic (exact) mass is 213 g/mol. The second kappa shape index (κ2) is 6.92. The number of carboxylic acid groups (broad SMARTS) is 2. The molecule has 0 unspecified atom stereocenters. The average molecular weight is 214 g/mol. The zero-order valence-electron chi connectivity index (χ0n) is 4.83. The Morgan fingerprint density at radius 1 is 1.10 bits per heavy atom. The van der Waals surface area contributed by atoms with Gasteiger partial charge in [0, 0.05) is 17.1 Å². The van der Waals surface area contributed by atoms with Gasteiger partial charge in [-0.1, -0.05) is 0 Å². The molecule has 63 valence electrons.